The molecule has 0 unspecified atom stereocenters. The molecule has 112 valence electrons. The molecule has 0 radical (unpaired) electrons. The van der Waals surface area contributed by atoms with Crippen LogP contribution >= 0.6 is 11.3 Å². The van der Waals surface area contributed by atoms with Gasteiger partial charge < -0.3 is 5.32 Å². The Balaban J connectivity index is 1.40. The molecule has 1 aromatic heterocycles. The standard InChI is InChI=1S/C17H23N3S/c1-14-13-21-17(19-14)11-18-16-7-9-20(10-8-16)12-15-5-3-2-4-6-15/h2-6,13,16,18H,7-12H2,1H3. The van der Waals surface area contributed by atoms with E-state index in [1.54, 1.807) is 11.3 Å². The van der Waals surface area contributed by atoms with E-state index in [-0.39, 0.29) is 0 Å². The number of piperidine rings is 1. The van der Waals surface area contributed by atoms with Gasteiger partial charge in [0.05, 0.1) is 0 Å². The molecule has 0 aliphatic carbocycles. The van der Waals surface area contributed by atoms with Gasteiger partial charge in [-0.25, -0.2) is 4.98 Å². The first-order valence-electron chi connectivity index (χ1n) is 7.70. The third-order valence-electron chi connectivity index (χ3n) is 4.05. The van der Waals surface area contributed by atoms with Crippen molar-refractivity contribution in [2.24, 2.45) is 0 Å². The molecule has 3 nitrogen and oxygen atoms in total. The molecule has 1 aliphatic heterocycles. The minimum atomic E-state index is 0.640. The first kappa shape index (κ1) is 14.7. The van der Waals surface area contributed by atoms with E-state index in [4.69, 9.17) is 0 Å². The Kier molecular flexibility index (Phi) is 5.01. The maximum absolute atomic E-state index is 4.51. The minimum absolute atomic E-state index is 0.640. The SMILES string of the molecule is Cc1csc(CNC2CCN(Cc3ccccc3)CC2)n1. The summed E-state index contributed by atoms with van der Waals surface area (Å²) in [4.78, 5) is 7.07. The fourth-order valence-corrected chi connectivity index (χ4v) is 3.58. The zero-order valence-corrected chi connectivity index (χ0v) is 13.4. The van der Waals surface area contributed by atoms with Crippen molar-refractivity contribution in [3.05, 3.63) is 52.0 Å². The highest BCUT2D eigenvalue weighted by Gasteiger charge is 2.18. The van der Waals surface area contributed by atoms with Crippen LogP contribution in [0.5, 0.6) is 0 Å². The number of nitrogens with one attached hydrogen (secondary N) is 1. The largest absolute Gasteiger partial charge is 0.308 e. The number of hydrogen-bond acceptors (Lipinski definition) is 4. The van der Waals surface area contributed by atoms with Crippen LogP contribution < -0.4 is 5.32 Å². The van der Waals surface area contributed by atoms with Crippen molar-refractivity contribution < 1.29 is 0 Å². The quantitative estimate of drug-likeness (QED) is 0.919. The average molecular weight is 301 g/mol. The van der Waals surface area contributed by atoms with Gasteiger partial charge in [-0.15, -0.1) is 11.3 Å². The van der Waals surface area contributed by atoms with Crippen molar-refractivity contribution in [3.8, 4) is 0 Å². The fraction of sp³-hybridized carbons (Fsp3) is 0.471. The fourth-order valence-electron chi connectivity index (χ4n) is 2.85. The Morgan fingerprint density at radius 1 is 1.24 bits per heavy atom. The van der Waals surface area contributed by atoms with Gasteiger partial charge in [0.15, 0.2) is 0 Å². The van der Waals surface area contributed by atoms with E-state index < -0.39 is 0 Å². The number of aromatic nitrogens is 1. The Labute approximate surface area is 131 Å². The minimum Gasteiger partial charge on any atom is -0.308 e. The maximum atomic E-state index is 4.51. The highest BCUT2D eigenvalue weighted by Crippen LogP contribution is 2.15. The summed E-state index contributed by atoms with van der Waals surface area (Å²) >= 11 is 1.76. The molecule has 0 atom stereocenters. The molecule has 1 saturated heterocycles. The van der Waals surface area contributed by atoms with Crippen LogP contribution in [0.4, 0.5) is 0 Å². The molecule has 2 aromatic rings. The summed E-state index contributed by atoms with van der Waals surface area (Å²) in [6.45, 7) is 6.43. The van der Waals surface area contributed by atoms with E-state index in [0.717, 1.165) is 18.8 Å². The smallest absolute Gasteiger partial charge is 0.107 e. The van der Waals surface area contributed by atoms with Crippen LogP contribution in [0.15, 0.2) is 35.7 Å². The summed E-state index contributed by atoms with van der Waals surface area (Å²) in [6, 6.07) is 11.4. The van der Waals surface area contributed by atoms with Crippen LogP contribution in [0, 0.1) is 6.92 Å². The topological polar surface area (TPSA) is 28.2 Å². The predicted octanol–water partition coefficient (Wildman–Crippen LogP) is 3.21. The molecule has 1 N–H and O–H groups in total. The summed E-state index contributed by atoms with van der Waals surface area (Å²) in [5, 5.41) is 6.99. The average Bonchev–Trinajstić information content (AvgIpc) is 2.93. The number of benzene rings is 1. The first-order valence-corrected chi connectivity index (χ1v) is 8.58. The summed E-state index contributed by atoms with van der Waals surface area (Å²) < 4.78 is 0. The monoisotopic (exact) mass is 301 g/mol. The van der Waals surface area contributed by atoms with Crippen molar-refractivity contribution in [3.63, 3.8) is 0 Å². The second-order valence-electron chi connectivity index (χ2n) is 5.80. The third kappa shape index (κ3) is 4.37. The van der Waals surface area contributed by atoms with Crippen LogP contribution in [0.2, 0.25) is 0 Å². The number of likely N-dealkylation sites (tertiary alicyclic amines) is 1. The van der Waals surface area contributed by atoms with E-state index in [1.165, 1.54) is 36.5 Å². The molecule has 1 aromatic carbocycles. The molecule has 1 fully saturated rings. The highest BCUT2D eigenvalue weighted by molar-refractivity contribution is 7.09. The van der Waals surface area contributed by atoms with E-state index in [0.29, 0.717) is 6.04 Å². The Morgan fingerprint density at radius 3 is 2.67 bits per heavy atom. The molecule has 2 heterocycles. The second kappa shape index (κ2) is 7.16. The van der Waals surface area contributed by atoms with Gasteiger partial charge in [0.2, 0.25) is 0 Å². The van der Waals surface area contributed by atoms with Gasteiger partial charge >= 0.3 is 0 Å². The second-order valence-corrected chi connectivity index (χ2v) is 6.74. The first-order chi connectivity index (χ1) is 10.3. The van der Waals surface area contributed by atoms with Gasteiger partial charge in [-0.1, -0.05) is 30.3 Å². The Morgan fingerprint density at radius 2 is 2.00 bits per heavy atom. The van der Waals surface area contributed by atoms with Crippen LogP contribution in [0.3, 0.4) is 0 Å². The molecular weight excluding hydrogens is 278 g/mol. The normalized spacial score (nSPS) is 17.2. The van der Waals surface area contributed by atoms with Crippen molar-refractivity contribution in [1.82, 2.24) is 15.2 Å². The summed E-state index contributed by atoms with van der Waals surface area (Å²) in [7, 11) is 0. The lowest BCUT2D eigenvalue weighted by atomic mass is 10.0. The highest BCUT2D eigenvalue weighted by atomic mass is 32.1. The van der Waals surface area contributed by atoms with Gasteiger partial charge in [-0.3, -0.25) is 4.90 Å². The lowest BCUT2D eigenvalue weighted by molar-refractivity contribution is 0.190. The number of nitrogens with zero attached hydrogens (tertiary/aromatic N) is 2. The summed E-state index contributed by atoms with van der Waals surface area (Å²) in [6.07, 6.45) is 2.47. The summed E-state index contributed by atoms with van der Waals surface area (Å²) in [5.41, 5.74) is 2.55. The molecule has 0 spiro atoms. The molecule has 1 aliphatic rings. The zero-order valence-electron chi connectivity index (χ0n) is 12.6. The maximum Gasteiger partial charge on any atom is 0.107 e. The molecule has 21 heavy (non-hydrogen) atoms. The van der Waals surface area contributed by atoms with Gasteiger partial charge in [0.1, 0.15) is 5.01 Å². The van der Waals surface area contributed by atoms with Crippen molar-refractivity contribution in [2.45, 2.75) is 38.9 Å². The number of hydrogen-bond donors (Lipinski definition) is 1. The summed E-state index contributed by atoms with van der Waals surface area (Å²) in [5.74, 6) is 0. The van der Waals surface area contributed by atoms with Gasteiger partial charge in [-0.2, -0.15) is 0 Å². The van der Waals surface area contributed by atoms with Crippen molar-refractivity contribution >= 4 is 11.3 Å². The van der Waals surface area contributed by atoms with Crippen LogP contribution in [0.25, 0.3) is 0 Å². The number of rotatable bonds is 5. The van der Waals surface area contributed by atoms with Crippen LogP contribution in [-0.2, 0) is 13.1 Å². The van der Waals surface area contributed by atoms with Gasteiger partial charge in [-0.05, 0) is 38.4 Å². The molecular formula is C17H23N3S. The Bertz CT molecular complexity index is 544. The van der Waals surface area contributed by atoms with E-state index in [1.807, 2.05) is 0 Å². The number of thiazole rings is 1. The molecule has 0 bridgehead atoms. The predicted molar refractivity (Wildman–Crippen MR) is 88.4 cm³/mol. The lowest BCUT2D eigenvalue weighted by Crippen LogP contribution is -2.41. The van der Waals surface area contributed by atoms with Crippen molar-refractivity contribution in [2.75, 3.05) is 13.1 Å². The molecule has 3 rings (SSSR count). The Hall–Kier alpha value is -1.23. The van der Waals surface area contributed by atoms with E-state index in [2.05, 4.69) is 57.8 Å². The lowest BCUT2D eigenvalue weighted by Gasteiger charge is -2.32. The van der Waals surface area contributed by atoms with Gasteiger partial charge in [0, 0.05) is 30.2 Å². The zero-order chi connectivity index (χ0) is 14.5. The molecule has 4 heteroatoms. The van der Waals surface area contributed by atoms with Gasteiger partial charge in [0.25, 0.3) is 0 Å². The van der Waals surface area contributed by atoms with E-state index >= 15 is 0 Å². The van der Waals surface area contributed by atoms with Crippen molar-refractivity contribution in [1.29, 1.82) is 0 Å². The third-order valence-corrected chi connectivity index (χ3v) is 5.01. The number of aryl methyl sites for hydroxylation is 1. The molecule has 0 saturated carbocycles. The van der Waals surface area contributed by atoms with E-state index in [9.17, 15) is 0 Å². The van der Waals surface area contributed by atoms with Crippen LogP contribution in [-0.4, -0.2) is 29.0 Å². The molecule has 0 amide bonds. The van der Waals surface area contributed by atoms with Crippen LogP contribution in [0.1, 0.15) is 29.1 Å².